The van der Waals surface area contributed by atoms with E-state index in [4.69, 9.17) is 29.6 Å². The van der Waals surface area contributed by atoms with Gasteiger partial charge in [-0.1, -0.05) is 23.7 Å². The summed E-state index contributed by atoms with van der Waals surface area (Å²) in [6, 6.07) is 9.03. The van der Waals surface area contributed by atoms with E-state index < -0.39 is 5.92 Å². The standard InChI is InChI=1S/C21H24ClN5OS/c22-16-3-1-15(2-4-16)17(11-23)18(26-27-20(24)29)19(28)25-21-8-12-5-13(9-21)7-14(6-12)10-21/h1-4,12-14,17H,5-10H2,(H,25,28)(H3,24,27,29)/b26-18+. The van der Waals surface area contributed by atoms with Crippen molar-refractivity contribution in [1.82, 2.24) is 10.7 Å². The SMILES string of the molecule is N#CC(/C(=N\NC(N)=S)C(=O)NC12CC3CC(CC(C3)C1)C2)c1ccc(Cl)cc1. The molecule has 1 aromatic rings. The Labute approximate surface area is 180 Å². The van der Waals surface area contributed by atoms with Gasteiger partial charge < -0.3 is 11.1 Å². The third-order valence-corrected chi connectivity index (χ3v) is 6.89. The van der Waals surface area contributed by atoms with Gasteiger partial charge in [-0.3, -0.25) is 10.2 Å². The molecule has 1 amide bonds. The van der Waals surface area contributed by atoms with Crippen molar-refractivity contribution in [2.75, 3.05) is 0 Å². The zero-order chi connectivity index (χ0) is 20.6. The largest absolute Gasteiger partial charge is 0.375 e. The van der Waals surface area contributed by atoms with Gasteiger partial charge in [-0.25, -0.2) is 0 Å². The maximum atomic E-state index is 13.3. The Balaban J connectivity index is 1.60. The Morgan fingerprint density at radius 1 is 1.21 bits per heavy atom. The second kappa shape index (κ2) is 7.92. The van der Waals surface area contributed by atoms with Crippen LogP contribution in [0.3, 0.4) is 0 Å². The normalized spacial score (nSPS) is 31.0. The first-order valence-electron chi connectivity index (χ1n) is 9.98. The van der Waals surface area contributed by atoms with Gasteiger partial charge in [-0.2, -0.15) is 10.4 Å². The summed E-state index contributed by atoms with van der Waals surface area (Å²) in [4.78, 5) is 13.3. The summed E-state index contributed by atoms with van der Waals surface area (Å²) in [6.45, 7) is 0. The minimum Gasteiger partial charge on any atom is -0.375 e. The number of nitrogens with zero attached hydrogens (tertiary/aromatic N) is 2. The summed E-state index contributed by atoms with van der Waals surface area (Å²) in [6.07, 6.45) is 6.89. The molecule has 4 N–H and O–H groups in total. The molecule has 0 spiro atoms. The zero-order valence-corrected chi connectivity index (χ0v) is 17.6. The molecule has 8 heteroatoms. The molecule has 0 aromatic heterocycles. The summed E-state index contributed by atoms with van der Waals surface area (Å²) in [5.41, 5.74) is 8.52. The van der Waals surface area contributed by atoms with Gasteiger partial charge in [0.2, 0.25) is 0 Å². The van der Waals surface area contributed by atoms with E-state index in [1.165, 1.54) is 19.3 Å². The van der Waals surface area contributed by atoms with Gasteiger partial charge in [0.25, 0.3) is 5.91 Å². The molecule has 4 aliphatic carbocycles. The number of carbonyl (C=O) groups excluding carboxylic acids is 1. The fourth-order valence-electron chi connectivity index (χ4n) is 5.88. The van der Waals surface area contributed by atoms with Gasteiger partial charge in [0.1, 0.15) is 11.6 Å². The van der Waals surface area contributed by atoms with Gasteiger partial charge in [0.15, 0.2) is 5.11 Å². The van der Waals surface area contributed by atoms with E-state index >= 15 is 0 Å². The number of rotatable bonds is 5. The lowest BCUT2D eigenvalue weighted by Gasteiger charge is -2.56. The highest BCUT2D eigenvalue weighted by Gasteiger charge is 2.52. The monoisotopic (exact) mass is 429 g/mol. The minimum absolute atomic E-state index is 0.0575. The molecule has 6 nitrogen and oxygen atoms in total. The number of thiocarbonyl (C=S) groups is 1. The highest BCUT2D eigenvalue weighted by molar-refractivity contribution is 7.80. The van der Waals surface area contributed by atoms with Gasteiger partial charge in [-0.15, -0.1) is 0 Å². The molecule has 1 atom stereocenters. The zero-order valence-electron chi connectivity index (χ0n) is 16.0. The number of halogens is 1. The highest BCUT2D eigenvalue weighted by atomic mass is 35.5. The van der Waals surface area contributed by atoms with Crippen molar-refractivity contribution < 1.29 is 4.79 Å². The molecule has 0 radical (unpaired) electrons. The fraction of sp³-hybridized carbons (Fsp3) is 0.524. The van der Waals surface area contributed by atoms with Crippen LogP contribution in [0.2, 0.25) is 5.02 Å². The fourth-order valence-corrected chi connectivity index (χ4v) is 6.05. The molecule has 4 saturated carbocycles. The number of nitrogens with two attached hydrogens (primary N) is 1. The van der Waals surface area contributed by atoms with E-state index in [2.05, 4.69) is 21.9 Å². The summed E-state index contributed by atoms with van der Waals surface area (Å²) in [7, 11) is 0. The quantitative estimate of drug-likeness (QED) is 0.378. The summed E-state index contributed by atoms with van der Waals surface area (Å²) < 4.78 is 0. The molecule has 4 aliphatic rings. The van der Waals surface area contributed by atoms with Crippen molar-refractivity contribution in [1.29, 1.82) is 5.26 Å². The molecular weight excluding hydrogens is 406 g/mol. The third kappa shape index (κ3) is 4.24. The lowest BCUT2D eigenvalue weighted by Crippen LogP contribution is -2.61. The van der Waals surface area contributed by atoms with Crippen LogP contribution in [0.5, 0.6) is 0 Å². The molecule has 152 valence electrons. The van der Waals surface area contributed by atoms with E-state index in [-0.39, 0.29) is 22.3 Å². The lowest BCUT2D eigenvalue weighted by atomic mass is 9.53. The van der Waals surface area contributed by atoms with Crippen molar-refractivity contribution in [2.24, 2.45) is 28.6 Å². The smallest absolute Gasteiger partial charge is 0.269 e. The highest BCUT2D eigenvalue weighted by Crippen LogP contribution is 2.55. The first-order valence-corrected chi connectivity index (χ1v) is 10.8. The minimum atomic E-state index is -0.858. The summed E-state index contributed by atoms with van der Waals surface area (Å²) >= 11 is 10.8. The number of nitriles is 1. The molecular formula is C21H24ClN5OS. The Morgan fingerprint density at radius 3 is 2.24 bits per heavy atom. The van der Waals surface area contributed by atoms with E-state index in [0.717, 1.165) is 19.3 Å². The second-order valence-electron chi connectivity index (χ2n) is 8.74. The van der Waals surface area contributed by atoms with Crippen LogP contribution in [-0.4, -0.2) is 22.3 Å². The Kier molecular flexibility index (Phi) is 5.50. The van der Waals surface area contributed by atoms with Crippen molar-refractivity contribution in [2.45, 2.75) is 50.0 Å². The molecule has 0 heterocycles. The molecule has 4 bridgehead atoms. The van der Waals surface area contributed by atoms with Gasteiger partial charge in [-0.05, 0) is 86.2 Å². The van der Waals surface area contributed by atoms with Gasteiger partial charge in [0, 0.05) is 10.6 Å². The number of carbonyl (C=O) groups is 1. The third-order valence-electron chi connectivity index (χ3n) is 6.54. The number of hydrogen-bond donors (Lipinski definition) is 3. The first kappa shape index (κ1) is 20.1. The predicted octanol–water partition coefficient (Wildman–Crippen LogP) is 3.22. The van der Waals surface area contributed by atoms with Crippen LogP contribution in [0.4, 0.5) is 0 Å². The average molecular weight is 430 g/mol. The van der Waals surface area contributed by atoms with E-state index in [0.29, 0.717) is 28.3 Å². The van der Waals surface area contributed by atoms with Crippen molar-refractivity contribution in [3.8, 4) is 6.07 Å². The van der Waals surface area contributed by atoms with Gasteiger partial charge >= 0.3 is 0 Å². The Hall–Kier alpha value is -2.17. The van der Waals surface area contributed by atoms with Crippen LogP contribution >= 0.6 is 23.8 Å². The molecule has 1 unspecified atom stereocenters. The topological polar surface area (TPSA) is 103 Å². The molecule has 4 fully saturated rings. The number of nitrogens with one attached hydrogen (secondary N) is 2. The summed E-state index contributed by atoms with van der Waals surface area (Å²) in [5.74, 6) is 0.888. The molecule has 0 aliphatic heterocycles. The number of hydrogen-bond acceptors (Lipinski definition) is 4. The Morgan fingerprint density at radius 2 is 1.76 bits per heavy atom. The second-order valence-corrected chi connectivity index (χ2v) is 9.62. The van der Waals surface area contributed by atoms with Crippen molar-refractivity contribution >= 4 is 40.6 Å². The van der Waals surface area contributed by atoms with Crippen LogP contribution in [0.15, 0.2) is 29.4 Å². The first-order chi connectivity index (χ1) is 13.9. The molecule has 5 rings (SSSR count). The number of amides is 1. The lowest BCUT2D eigenvalue weighted by molar-refractivity contribution is -0.120. The predicted molar refractivity (Wildman–Crippen MR) is 116 cm³/mol. The van der Waals surface area contributed by atoms with E-state index in [9.17, 15) is 10.1 Å². The van der Waals surface area contributed by atoms with Crippen LogP contribution < -0.4 is 16.5 Å². The summed E-state index contributed by atoms with van der Waals surface area (Å²) in [5, 5.41) is 17.7. The van der Waals surface area contributed by atoms with E-state index in [1.54, 1.807) is 24.3 Å². The van der Waals surface area contributed by atoms with Crippen LogP contribution in [0.25, 0.3) is 0 Å². The number of benzene rings is 1. The molecule has 29 heavy (non-hydrogen) atoms. The molecule has 0 saturated heterocycles. The molecule has 1 aromatic carbocycles. The van der Waals surface area contributed by atoms with Crippen molar-refractivity contribution in [3.05, 3.63) is 34.9 Å². The van der Waals surface area contributed by atoms with Crippen LogP contribution in [-0.2, 0) is 4.79 Å². The number of hydrazone groups is 1. The average Bonchev–Trinajstić information content (AvgIpc) is 2.64. The maximum Gasteiger partial charge on any atom is 0.269 e. The van der Waals surface area contributed by atoms with Crippen LogP contribution in [0.1, 0.15) is 50.0 Å². The van der Waals surface area contributed by atoms with Gasteiger partial charge in [0.05, 0.1) is 6.07 Å². The maximum absolute atomic E-state index is 13.3. The van der Waals surface area contributed by atoms with Crippen molar-refractivity contribution in [3.63, 3.8) is 0 Å². The van der Waals surface area contributed by atoms with Crippen LogP contribution in [0, 0.1) is 29.1 Å². The van der Waals surface area contributed by atoms with E-state index in [1.807, 2.05) is 0 Å². The Bertz CT molecular complexity index is 856.